The van der Waals surface area contributed by atoms with Crippen molar-refractivity contribution in [2.75, 3.05) is 13.1 Å². The Morgan fingerprint density at radius 1 is 0.880 bits per heavy atom. The van der Waals surface area contributed by atoms with Crippen LogP contribution in [-0.4, -0.2) is 72.2 Å². The Morgan fingerprint density at radius 3 is 1.96 bits per heavy atom. The second-order valence-electron chi connectivity index (χ2n) is 6.38. The molecule has 2 heterocycles. The van der Waals surface area contributed by atoms with Gasteiger partial charge in [-0.2, -0.15) is 0 Å². The zero-order valence-corrected chi connectivity index (χ0v) is 14.8. The maximum absolute atomic E-state index is 11.6. The number of fused-ring (bicyclic) bond motifs is 1. The van der Waals surface area contributed by atoms with E-state index in [0.29, 0.717) is 19.5 Å². The van der Waals surface area contributed by atoms with Gasteiger partial charge in [-0.3, -0.25) is 24.1 Å². The molecule has 2 saturated heterocycles. The standard InChI is InChI=1S/C16H24N2O7/c1-8(19)17-12-7-18-6-5-13(23-9(2)20)14(18)16(25-11(4)22)15(12)24-10(3)21/h12-16H,5-7H2,1-4H3,(H,17,19)/t12-,13-,14+,15+,16+/m0/s1. The lowest BCUT2D eigenvalue weighted by Crippen LogP contribution is -2.67. The molecule has 5 atom stereocenters. The number of carbonyl (C=O) groups is 4. The van der Waals surface area contributed by atoms with Gasteiger partial charge in [0.25, 0.3) is 0 Å². The lowest BCUT2D eigenvalue weighted by atomic mass is 9.90. The van der Waals surface area contributed by atoms with Crippen molar-refractivity contribution in [1.82, 2.24) is 10.2 Å². The van der Waals surface area contributed by atoms with Crippen LogP contribution in [0.15, 0.2) is 0 Å². The molecule has 0 aromatic heterocycles. The summed E-state index contributed by atoms with van der Waals surface area (Å²) in [6, 6.07) is -0.958. The molecule has 2 aliphatic heterocycles. The van der Waals surface area contributed by atoms with E-state index >= 15 is 0 Å². The highest BCUT2D eigenvalue weighted by Gasteiger charge is 2.54. The van der Waals surface area contributed by atoms with Crippen molar-refractivity contribution in [3.05, 3.63) is 0 Å². The van der Waals surface area contributed by atoms with Gasteiger partial charge < -0.3 is 19.5 Å². The van der Waals surface area contributed by atoms with Gasteiger partial charge in [-0.05, 0) is 6.42 Å². The Bertz CT molecular complexity index is 565. The highest BCUT2D eigenvalue weighted by atomic mass is 16.6. The molecule has 1 amide bonds. The number of carbonyl (C=O) groups excluding carboxylic acids is 4. The first-order chi connectivity index (χ1) is 11.7. The summed E-state index contributed by atoms with van der Waals surface area (Å²) < 4.78 is 16.2. The summed E-state index contributed by atoms with van der Waals surface area (Å²) in [7, 11) is 0. The number of hydrogen-bond donors (Lipinski definition) is 1. The molecular weight excluding hydrogens is 332 g/mol. The molecule has 25 heavy (non-hydrogen) atoms. The van der Waals surface area contributed by atoms with Gasteiger partial charge >= 0.3 is 17.9 Å². The first-order valence-corrected chi connectivity index (χ1v) is 8.22. The van der Waals surface area contributed by atoms with E-state index in [9.17, 15) is 19.2 Å². The lowest BCUT2D eigenvalue weighted by Gasteiger charge is -2.46. The summed E-state index contributed by atoms with van der Waals surface area (Å²) in [4.78, 5) is 48.1. The number of nitrogens with zero attached hydrogens (tertiary/aromatic N) is 1. The van der Waals surface area contributed by atoms with E-state index in [4.69, 9.17) is 14.2 Å². The van der Waals surface area contributed by atoms with Crippen LogP contribution < -0.4 is 5.32 Å². The van der Waals surface area contributed by atoms with Crippen LogP contribution in [0.5, 0.6) is 0 Å². The summed E-state index contributed by atoms with van der Waals surface area (Å²) in [5.74, 6) is -1.80. The minimum Gasteiger partial charge on any atom is -0.461 e. The van der Waals surface area contributed by atoms with Gasteiger partial charge in [0.1, 0.15) is 6.10 Å². The third-order valence-corrected chi connectivity index (χ3v) is 4.30. The molecule has 9 heteroatoms. The van der Waals surface area contributed by atoms with E-state index in [1.54, 1.807) is 0 Å². The van der Waals surface area contributed by atoms with E-state index in [1.165, 1.54) is 27.7 Å². The summed E-state index contributed by atoms with van der Waals surface area (Å²) in [6.45, 7) is 6.20. The third-order valence-electron chi connectivity index (χ3n) is 4.30. The van der Waals surface area contributed by atoms with E-state index in [0.717, 1.165) is 0 Å². The van der Waals surface area contributed by atoms with Crippen LogP contribution in [-0.2, 0) is 33.4 Å². The van der Waals surface area contributed by atoms with Crippen molar-refractivity contribution in [1.29, 1.82) is 0 Å². The topological polar surface area (TPSA) is 111 Å². The second-order valence-corrected chi connectivity index (χ2v) is 6.38. The Hall–Kier alpha value is -2.16. The van der Waals surface area contributed by atoms with Gasteiger partial charge in [-0.25, -0.2) is 0 Å². The van der Waals surface area contributed by atoms with Crippen LogP contribution in [0.4, 0.5) is 0 Å². The van der Waals surface area contributed by atoms with E-state index in [-0.39, 0.29) is 5.91 Å². The summed E-state index contributed by atoms with van der Waals surface area (Å²) in [5.41, 5.74) is 0. The monoisotopic (exact) mass is 356 g/mol. The molecule has 140 valence electrons. The summed E-state index contributed by atoms with van der Waals surface area (Å²) >= 11 is 0. The second kappa shape index (κ2) is 7.81. The van der Waals surface area contributed by atoms with Crippen molar-refractivity contribution in [2.24, 2.45) is 0 Å². The lowest BCUT2D eigenvalue weighted by molar-refractivity contribution is -0.187. The smallest absolute Gasteiger partial charge is 0.303 e. The third kappa shape index (κ3) is 4.68. The maximum Gasteiger partial charge on any atom is 0.303 e. The van der Waals surface area contributed by atoms with E-state index < -0.39 is 48.3 Å². The number of nitrogens with one attached hydrogen (secondary N) is 1. The average molecular weight is 356 g/mol. The van der Waals surface area contributed by atoms with Gasteiger partial charge in [-0.15, -0.1) is 0 Å². The Labute approximate surface area is 145 Å². The van der Waals surface area contributed by atoms with Gasteiger partial charge in [-0.1, -0.05) is 0 Å². The molecule has 1 N–H and O–H groups in total. The number of hydrogen-bond acceptors (Lipinski definition) is 8. The fourth-order valence-corrected chi connectivity index (χ4v) is 3.66. The predicted molar refractivity (Wildman–Crippen MR) is 84.2 cm³/mol. The number of ether oxygens (including phenoxy) is 3. The zero-order chi connectivity index (χ0) is 18.7. The molecule has 0 bridgehead atoms. The Balaban J connectivity index is 2.34. The van der Waals surface area contributed by atoms with Crippen LogP contribution in [0.2, 0.25) is 0 Å². The van der Waals surface area contributed by atoms with Crippen LogP contribution in [0, 0.1) is 0 Å². The van der Waals surface area contributed by atoms with E-state index in [1.807, 2.05) is 4.90 Å². The molecule has 0 unspecified atom stereocenters. The largest absolute Gasteiger partial charge is 0.461 e. The SMILES string of the molecule is CC(=O)N[C@H]1CN2CC[C@H](OC(C)=O)[C@@H]2[C@@H](OC(C)=O)[C@@H]1OC(C)=O. The van der Waals surface area contributed by atoms with Crippen LogP contribution in [0.1, 0.15) is 34.1 Å². The van der Waals surface area contributed by atoms with Gasteiger partial charge in [0.05, 0.1) is 12.1 Å². The number of piperidine rings is 1. The summed E-state index contributed by atoms with van der Waals surface area (Å²) in [5, 5.41) is 2.75. The zero-order valence-electron chi connectivity index (χ0n) is 14.8. The van der Waals surface area contributed by atoms with Crippen LogP contribution in [0.25, 0.3) is 0 Å². The van der Waals surface area contributed by atoms with Crippen LogP contribution in [0.3, 0.4) is 0 Å². The number of esters is 3. The molecule has 2 aliphatic rings. The van der Waals surface area contributed by atoms with Crippen molar-refractivity contribution in [3.63, 3.8) is 0 Å². The number of amides is 1. The van der Waals surface area contributed by atoms with Crippen LogP contribution >= 0.6 is 0 Å². The predicted octanol–water partition coefficient (Wildman–Crippen LogP) is -0.626. The molecule has 0 aliphatic carbocycles. The fraction of sp³-hybridized carbons (Fsp3) is 0.750. The van der Waals surface area contributed by atoms with Gasteiger partial charge in [0, 0.05) is 40.8 Å². The molecule has 2 fully saturated rings. The van der Waals surface area contributed by atoms with Crippen molar-refractivity contribution in [2.45, 2.75) is 64.5 Å². The molecule has 9 nitrogen and oxygen atoms in total. The normalized spacial score (nSPS) is 31.6. The van der Waals surface area contributed by atoms with E-state index in [2.05, 4.69) is 5.32 Å². The molecule has 0 radical (unpaired) electrons. The first kappa shape index (κ1) is 19.2. The first-order valence-electron chi connectivity index (χ1n) is 8.22. The average Bonchev–Trinajstić information content (AvgIpc) is 2.82. The quantitative estimate of drug-likeness (QED) is 0.524. The highest BCUT2D eigenvalue weighted by Crippen LogP contribution is 2.33. The minimum atomic E-state index is -0.859. The van der Waals surface area contributed by atoms with Crippen molar-refractivity contribution < 1.29 is 33.4 Å². The van der Waals surface area contributed by atoms with Gasteiger partial charge in [0.15, 0.2) is 12.2 Å². The molecular formula is C16H24N2O7. The highest BCUT2D eigenvalue weighted by molar-refractivity contribution is 5.73. The number of rotatable bonds is 4. The molecule has 0 saturated carbocycles. The molecule has 0 spiro atoms. The Kier molecular flexibility index (Phi) is 5.99. The van der Waals surface area contributed by atoms with Crippen molar-refractivity contribution in [3.8, 4) is 0 Å². The molecule has 0 aromatic rings. The molecule has 0 aromatic carbocycles. The Morgan fingerprint density at radius 2 is 1.44 bits per heavy atom. The van der Waals surface area contributed by atoms with Gasteiger partial charge in [0.2, 0.25) is 5.91 Å². The summed E-state index contributed by atoms with van der Waals surface area (Å²) in [6.07, 6.45) is -1.61. The van der Waals surface area contributed by atoms with Crippen molar-refractivity contribution >= 4 is 23.8 Å². The maximum atomic E-state index is 11.6. The molecule has 2 rings (SSSR count). The fourth-order valence-electron chi connectivity index (χ4n) is 3.66. The minimum absolute atomic E-state index is 0.280.